The predicted molar refractivity (Wildman–Crippen MR) is 102 cm³/mol. The Hall–Kier alpha value is -1.99. The van der Waals surface area contributed by atoms with Crippen LogP contribution in [0.25, 0.3) is 11.1 Å². The fourth-order valence-corrected chi connectivity index (χ4v) is 3.11. The maximum atomic E-state index is 14.2. The summed E-state index contributed by atoms with van der Waals surface area (Å²) in [6.45, 7) is 3.82. The summed E-state index contributed by atoms with van der Waals surface area (Å²) in [7, 11) is 0. The van der Waals surface area contributed by atoms with Crippen molar-refractivity contribution in [1.82, 2.24) is 5.32 Å². The molecular weight excluding hydrogens is 398 g/mol. The number of piperidine rings is 1. The highest BCUT2D eigenvalue weighted by molar-refractivity contribution is 5.85. The molecule has 28 heavy (non-hydrogen) atoms. The molecule has 2 aromatic carbocycles. The molecule has 1 heterocycles. The van der Waals surface area contributed by atoms with E-state index in [9.17, 15) is 17.6 Å². The van der Waals surface area contributed by atoms with Gasteiger partial charge in [0.05, 0.1) is 6.61 Å². The Balaban J connectivity index is 0.00000280. The molecule has 0 atom stereocenters. The maximum absolute atomic E-state index is 14.2. The fourth-order valence-electron chi connectivity index (χ4n) is 3.11. The lowest BCUT2D eigenvalue weighted by molar-refractivity contribution is -0.275. The van der Waals surface area contributed by atoms with Gasteiger partial charge in [0, 0.05) is 5.56 Å². The van der Waals surface area contributed by atoms with Crippen LogP contribution in [-0.4, -0.2) is 26.1 Å². The van der Waals surface area contributed by atoms with E-state index in [2.05, 4.69) is 10.1 Å². The lowest BCUT2D eigenvalue weighted by atomic mass is 9.99. The average molecular weight is 420 g/mol. The molecule has 2 aromatic rings. The molecule has 1 fully saturated rings. The second kappa shape index (κ2) is 9.47. The number of hydrogen-bond acceptors (Lipinski definition) is 3. The third kappa shape index (κ3) is 6.01. The molecule has 1 aliphatic heterocycles. The summed E-state index contributed by atoms with van der Waals surface area (Å²) in [6.07, 6.45) is -3.05. The molecule has 3 rings (SSSR count). The highest BCUT2D eigenvalue weighted by atomic mass is 35.5. The topological polar surface area (TPSA) is 30.5 Å². The van der Waals surface area contributed by atoms with Crippen LogP contribution >= 0.6 is 12.4 Å². The van der Waals surface area contributed by atoms with Gasteiger partial charge in [-0.1, -0.05) is 17.7 Å². The van der Waals surface area contributed by atoms with Crippen molar-refractivity contribution in [3.05, 3.63) is 47.8 Å². The van der Waals surface area contributed by atoms with Crippen molar-refractivity contribution in [3.63, 3.8) is 0 Å². The van der Waals surface area contributed by atoms with Crippen LogP contribution in [0.4, 0.5) is 17.6 Å². The number of aryl methyl sites for hydroxylation is 1. The molecule has 3 nitrogen and oxygen atoms in total. The summed E-state index contributed by atoms with van der Waals surface area (Å²) in [6, 6.07) is 8.58. The van der Waals surface area contributed by atoms with Gasteiger partial charge in [-0.25, -0.2) is 4.39 Å². The third-order valence-corrected chi connectivity index (χ3v) is 4.54. The van der Waals surface area contributed by atoms with Crippen molar-refractivity contribution in [2.45, 2.75) is 26.1 Å². The molecule has 0 saturated carbocycles. The average Bonchev–Trinajstić information content (AvgIpc) is 2.62. The van der Waals surface area contributed by atoms with Crippen LogP contribution in [0.1, 0.15) is 18.4 Å². The van der Waals surface area contributed by atoms with Gasteiger partial charge in [0.1, 0.15) is 5.82 Å². The highest BCUT2D eigenvalue weighted by Crippen LogP contribution is 2.37. The number of rotatable bonds is 5. The molecular formula is C20H22ClF4NO2. The fraction of sp³-hybridized carbons (Fsp3) is 0.400. The minimum Gasteiger partial charge on any atom is -0.489 e. The molecule has 1 aliphatic rings. The Morgan fingerprint density at radius 1 is 1.04 bits per heavy atom. The number of benzene rings is 2. The lowest BCUT2D eigenvalue weighted by Gasteiger charge is -2.23. The van der Waals surface area contributed by atoms with E-state index < -0.39 is 17.9 Å². The molecule has 0 unspecified atom stereocenters. The maximum Gasteiger partial charge on any atom is 0.573 e. The van der Waals surface area contributed by atoms with E-state index in [0.29, 0.717) is 11.1 Å². The van der Waals surface area contributed by atoms with Crippen LogP contribution in [0.15, 0.2) is 36.4 Å². The second-order valence-corrected chi connectivity index (χ2v) is 6.70. The highest BCUT2D eigenvalue weighted by Gasteiger charge is 2.32. The van der Waals surface area contributed by atoms with Gasteiger partial charge in [0.25, 0.3) is 0 Å². The van der Waals surface area contributed by atoms with Gasteiger partial charge >= 0.3 is 6.36 Å². The third-order valence-electron chi connectivity index (χ3n) is 4.54. The second-order valence-electron chi connectivity index (χ2n) is 6.70. The van der Waals surface area contributed by atoms with Crippen molar-refractivity contribution < 1.29 is 27.0 Å². The number of alkyl halides is 3. The Morgan fingerprint density at radius 2 is 1.75 bits per heavy atom. The predicted octanol–water partition coefficient (Wildman–Crippen LogP) is 5.50. The summed E-state index contributed by atoms with van der Waals surface area (Å²) >= 11 is 0. The van der Waals surface area contributed by atoms with Crippen LogP contribution in [0, 0.1) is 18.7 Å². The normalized spacial score (nSPS) is 15.0. The molecule has 1 N–H and O–H groups in total. The van der Waals surface area contributed by atoms with Gasteiger partial charge in [0.15, 0.2) is 11.5 Å². The van der Waals surface area contributed by atoms with Gasteiger partial charge in [-0.05, 0) is 68.6 Å². The Kier molecular flexibility index (Phi) is 7.55. The molecule has 0 aliphatic carbocycles. The lowest BCUT2D eigenvalue weighted by Crippen LogP contribution is -2.30. The zero-order valence-electron chi connectivity index (χ0n) is 15.3. The zero-order valence-corrected chi connectivity index (χ0v) is 16.1. The van der Waals surface area contributed by atoms with Crippen LogP contribution in [0.5, 0.6) is 11.5 Å². The Morgan fingerprint density at radius 3 is 2.43 bits per heavy atom. The number of ether oxygens (including phenoxy) is 2. The van der Waals surface area contributed by atoms with E-state index in [1.807, 2.05) is 6.92 Å². The number of halogens is 5. The van der Waals surface area contributed by atoms with Crippen LogP contribution in [-0.2, 0) is 0 Å². The zero-order chi connectivity index (χ0) is 19.4. The van der Waals surface area contributed by atoms with E-state index >= 15 is 0 Å². The van der Waals surface area contributed by atoms with Crippen LogP contribution < -0.4 is 14.8 Å². The molecule has 0 aromatic heterocycles. The Bertz CT molecular complexity index is 792. The largest absolute Gasteiger partial charge is 0.573 e. The van der Waals surface area contributed by atoms with Crippen LogP contribution in [0.2, 0.25) is 0 Å². The monoisotopic (exact) mass is 419 g/mol. The van der Waals surface area contributed by atoms with Gasteiger partial charge in [-0.3, -0.25) is 0 Å². The summed E-state index contributed by atoms with van der Waals surface area (Å²) in [5, 5.41) is 3.23. The van der Waals surface area contributed by atoms with Crippen molar-refractivity contribution >= 4 is 12.4 Å². The molecule has 154 valence electrons. The van der Waals surface area contributed by atoms with E-state index in [4.69, 9.17) is 4.74 Å². The summed E-state index contributed by atoms with van der Waals surface area (Å²) < 4.78 is 62.1. The first-order chi connectivity index (χ1) is 12.8. The van der Waals surface area contributed by atoms with Gasteiger partial charge in [-0.2, -0.15) is 0 Å². The first-order valence-electron chi connectivity index (χ1n) is 8.81. The minimum atomic E-state index is -4.83. The van der Waals surface area contributed by atoms with Crippen LogP contribution in [0.3, 0.4) is 0 Å². The van der Waals surface area contributed by atoms with Crippen molar-refractivity contribution in [3.8, 4) is 22.6 Å². The van der Waals surface area contributed by atoms with E-state index in [0.717, 1.165) is 31.5 Å². The summed E-state index contributed by atoms with van der Waals surface area (Å²) in [5.41, 5.74) is 1.59. The first kappa shape index (κ1) is 22.3. The summed E-state index contributed by atoms with van der Waals surface area (Å²) in [5.74, 6) is -0.656. The SMILES string of the molecule is Cc1ccc(F)c(-c2ccc(OC(F)(F)F)c(OCC3CCNCC3)c2)c1.Cl. The van der Waals surface area contributed by atoms with E-state index in [1.54, 1.807) is 12.1 Å². The molecule has 0 amide bonds. The molecule has 1 saturated heterocycles. The number of hydrogen-bond donors (Lipinski definition) is 1. The molecule has 0 radical (unpaired) electrons. The van der Waals surface area contributed by atoms with Gasteiger partial charge in [-0.15, -0.1) is 25.6 Å². The minimum absolute atomic E-state index is 0. The Labute approximate surface area is 167 Å². The molecule has 8 heteroatoms. The summed E-state index contributed by atoms with van der Waals surface area (Å²) in [4.78, 5) is 0. The quantitative estimate of drug-likeness (QED) is 0.649. The number of nitrogens with one attached hydrogen (secondary N) is 1. The van der Waals surface area contributed by atoms with Crippen molar-refractivity contribution in [2.24, 2.45) is 5.92 Å². The first-order valence-corrected chi connectivity index (χ1v) is 8.81. The van der Waals surface area contributed by atoms with Crippen molar-refractivity contribution in [1.29, 1.82) is 0 Å². The van der Waals surface area contributed by atoms with E-state index in [-0.39, 0.29) is 30.7 Å². The van der Waals surface area contributed by atoms with Gasteiger partial charge < -0.3 is 14.8 Å². The smallest absolute Gasteiger partial charge is 0.489 e. The molecule has 0 bridgehead atoms. The molecule has 0 spiro atoms. The van der Waals surface area contributed by atoms with E-state index in [1.165, 1.54) is 24.3 Å². The standard InChI is InChI=1S/C20H21F4NO2.ClH/c1-13-2-4-17(21)16(10-13)15-3-5-18(27-20(22,23)24)19(11-15)26-12-14-6-8-25-9-7-14;/h2-5,10-11,14,25H,6-9,12H2,1H3;1H. The van der Waals surface area contributed by atoms with Crippen molar-refractivity contribution in [2.75, 3.05) is 19.7 Å². The van der Waals surface area contributed by atoms with Gasteiger partial charge in [0.2, 0.25) is 0 Å².